The van der Waals surface area contributed by atoms with E-state index in [1.807, 2.05) is 0 Å². The number of fused-ring (bicyclic) bond motifs is 1. The molecule has 0 saturated carbocycles. The molecule has 1 aromatic rings. The molecular formula is C12H15NO4S. The number of aryl methyl sites for hydroxylation is 1. The third-order valence-electron chi connectivity index (χ3n) is 2.80. The molecule has 1 amide bonds. The van der Waals surface area contributed by atoms with Crippen LogP contribution in [0.15, 0.2) is 0 Å². The predicted octanol–water partition coefficient (Wildman–Crippen LogP) is 2.59. The molecule has 1 heterocycles. The van der Waals surface area contributed by atoms with Crippen LogP contribution in [0.5, 0.6) is 0 Å². The van der Waals surface area contributed by atoms with Gasteiger partial charge in [0.2, 0.25) is 0 Å². The number of anilines is 1. The van der Waals surface area contributed by atoms with Crippen LogP contribution < -0.4 is 5.32 Å². The molecular weight excluding hydrogens is 254 g/mol. The Morgan fingerprint density at radius 3 is 2.83 bits per heavy atom. The number of ether oxygens (including phenoxy) is 2. The van der Waals surface area contributed by atoms with Crippen LogP contribution >= 0.6 is 11.3 Å². The highest BCUT2D eigenvalue weighted by atomic mass is 32.1. The second-order valence-electron chi connectivity index (χ2n) is 3.90. The van der Waals surface area contributed by atoms with Crippen molar-refractivity contribution in [1.82, 2.24) is 0 Å². The van der Waals surface area contributed by atoms with Gasteiger partial charge in [-0.25, -0.2) is 9.59 Å². The number of thiophene rings is 1. The molecule has 0 aliphatic heterocycles. The maximum atomic E-state index is 11.8. The normalized spacial score (nSPS) is 13.0. The van der Waals surface area contributed by atoms with Gasteiger partial charge in [0.05, 0.1) is 19.3 Å². The highest BCUT2D eigenvalue weighted by Gasteiger charge is 2.28. The summed E-state index contributed by atoms with van der Waals surface area (Å²) in [5.74, 6) is -0.402. The van der Waals surface area contributed by atoms with Gasteiger partial charge in [-0.2, -0.15) is 0 Å². The molecule has 0 radical (unpaired) electrons. The van der Waals surface area contributed by atoms with E-state index in [4.69, 9.17) is 9.47 Å². The Morgan fingerprint density at radius 2 is 2.17 bits per heavy atom. The Hall–Kier alpha value is -1.56. The molecule has 1 N–H and O–H groups in total. The first-order valence-electron chi connectivity index (χ1n) is 5.84. The van der Waals surface area contributed by atoms with E-state index in [-0.39, 0.29) is 0 Å². The van der Waals surface area contributed by atoms with Crippen molar-refractivity contribution in [3.05, 3.63) is 16.0 Å². The van der Waals surface area contributed by atoms with Gasteiger partial charge in [0.1, 0.15) is 5.00 Å². The fraction of sp³-hybridized carbons (Fsp3) is 0.500. The minimum Gasteiger partial charge on any atom is -0.465 e. The smallest absolute Gasteiger partial charge is 0.412 e. The Kier molecular flexibility index (Phi) is 3.86. The van der Waals surface area contributed by atoms with E-state index in [0.717, 1.165) is 29.7 Å². The predicted molar refractivity (Wildman–Crippen MR) is 68.3 cm³/mol. The minimum absolute atomic E-state index is 0.296. The number of hydrogen-bond acceptors (Lipinski definition) is 5. The topological polar surface area (TPSA) is 64.6 Å². The van der Waals surface area contributed by atoms with E-state index < -0.39 is 12.1 Å². The lowest BCUT2D eigenvalue weighted by Gasteiger charge is -2.06. The number of hydrogen-bond donors (Lipinski definition) is 1. The lowest BCUT2D eigenvalue weighted by Crippen LogP contribution is -2.15. The van der Waals surface area contributed by atoms with Crippen molar-refractivity contribution in [2.75, 3.05) is 19.0 Å². The Labute approximate surface area is 109 Å². The third-order valence-corrected chi connectivity index (χ3v) is 4.01. The van der Waals surface area contributed by atoms with Crippen LogP contribution in [-0.2, 0) is 22.3 Å². The summed E-state index contributed by atoms with van der Waals surface area (Å²) < 4.78 is 9.60. The molecule has 0 fully saturated rings. The van der Waals surface area contributed by atoms with Crippen LogP contribution in [0.25, 0.3) is 0 Å². The van der Waals surface area contributed by atoms with Crippen LogP contribution in [0.2, 0.25) is 0 Å². The molecule has 6 heteroatoms. The van der Waals surface area contributed by atoms with Gasteiger partial charge in [-0.05, 0) is 31.7 Å². The molecule has 18 heavy (non-hydrogen) atoms. The monoisotopic (exact) mass is 269 g/mol. The van der Waals surface area contributed by atoms with Crippen LogP contribution in [0.1, 0.15) is 34.1 Å². The molecule has 98 valence electrons. The average molecular weight is 269 g/mol. The van der Waals surface area contributed by atoms with Gasteiger partial charge in [0.25, 0.3) is 0 Å². The van der Waals surface area contributed by atoms with E-state index in [0.29, 0.717) is 17.2 Å². The maximum absolute atomic E-state index is 11.8. The summed E-state index contributed by atoms with van der Waals surface area (Å²) in [6.45, 7) is 2.03. The van der Waals surface area contributed by atoms with Crippen LogP contribution in [0, 0.1) is 0 Å². The van der Waals surface area contributed by atoms with Crippen LogP contribution in [0.4, 0.5) is 9.80 Å². The zero-order valence-electron chi connectivity index (χ0n) is 10.4. The number of nitrogens with one attached hydrogen (secondary N) is 1. The molecule has 0 aromatic carbocycles. The van der Waals surface area contributed by atoms with Gasteiger partial charge in [-0.15, -0.1) is 11.3 Å². The number of methoxy groups -OCH3 is 1. The number of amides is 1. The van der Waals surface area contributed by atoms with Crippen molar-refractivity contribution in [2.24, 2.45) is 0 Å². The summed E-state index contributed by atoms with van der Waals surface area (Å²) in [5.41, 5.74) is 1.50. The van der Waals surface area contributed by atoms with Crippen molar-refractivity contribution in [1.29, 1.82) is 0 Å². The average Bonchev–Trinajstić information content (AvgIpc) is 2.88. The Bertz CT molecular complexity index is 481. The summed E-state index contributed by atoms with van der Waals surface area (Å²) in [6, 6.07) is 0. The first-order chi connectivity index (χ1) is 8.67. The number of rotatable bonds is 3. The van der Waals surface area contributed by atoms with Crippen molar-refractivity contribution in [3.63, 3.8) is 0 Å². The zero-order chi connectivity index (χ0) is 13.1. The van der Waals surface area contributed by atoms with E-state index in [2.05, 4.69) is 5.32 Å². The van der Waals surface area contributed by atoms with Crippen molar-refractivity contribution >= 4 is 28.4 Å². The summed E-state index contributed by atoms with van der Waals surface area (Å²) in [4.78, 5) is 24.4. The standard InChI is InChI=1S/C12H15NO4S/c1-3-17-12(15)13-10-9(11(14)16-2)7-5-4-6-8(7)18-10/h3-6H2,1-2H3,(H,13,15). The number of carbonyl (C=O) groups excluding carboxylic acids is 2. The second kappa shape index (κ2) is 5.39. The number of carbonyl (C=O) groups is 2. The minimum atomic E-state index is -0.539. The lowest BCUT2D eigenvalue weighted by atomic mass is 10.1. The molecule has 0 atom stereocenters. The first kappa shape index (κ1) is 12.9. The van der Waals surface area contributed by atoms with Gasteiger partial charge in [0, 0.05) is 4.88 Å². The summed E-state index contributed by atoms with van der Waals surface area (Å²) >= 11 is 1.43. The summed E-state index contributed by atoms with van der Waals surface area (Å²) in [7, 11) is 1.34. The largest absolute Gasteiger partial charge is 0.465 e. The molecule has 0 unspecified atom stereocenters. The van der Waals surface area contributed by atoms with E-state index in [1.54, 1.807) is 6.92 Å². The van der Waals surface area contributed by atoms with E-state index >= 15 is 0 Å². The molecule has 2 rings (SSSR count). The van der Waals surface area contributed by atoms with Crippen molar-refractivity contribution in [3.8, 4) is 0 Å². The Balaban J connectivity index is 2.29. The molecule has 1 aliphatic rings. The lowest BCUT2D eigenvalue weighted by molar-refractivity contribution is 0.0601. The van der Waals surface area contributed by atoms with Crippen molar-refractivity contribution in [2.45, 2.75) is 26.2 Å². The molecule has 1 aliphatic carbocycles. The second-order valence-corrected chi connectivity index (χ2v) is 5.00. The number of esters is 1. The summed E-state index contributed by atoms with van der Waals surface area (Å²) in [6.07, 6.45) is 2.32. The molecule has 5 nitrogen and oxygen atoms in total. The molecule has 0 saturated heterocycles. The fourth-order valence-corrected chi connectivity index (χ4v) is 3.33. The highest BCUT2D eigenvalue weighted by Crippen LogP contribution is 2.39. The van der Waals surface area contributed by atoms with Gasteiger partial charge in [0.15, 0.2) is 0 Å². The SMILES string of the molecule is CCOC(=O)Nc1sc2c(c1C(=O)OC)CCC2. The van der Waals surface area contributed by atoms with Gasteiger partial charge in [-0.3, -0.25) is 5.32 Å². The quantitative estimate of drug-likeness (QED) is 0.857. The summed E-state index contributed by atoms with van der Waals surface area (Å²) in [5, 5.41) is 3.15. The van der Waals surface area contributed by atoms with E-state index in [9.17, 15) is 9.59 Å². The van der Waals surface area contributed by atoms with Crippen LogP contribution in [0.3, 0.4) is 0 Å². The maximum Gasteiger partial charge on any atom is 0.412 e. The Morgan fingerprint density at radius 1 is 1.39 bits per heavy atom. The third kappa shape index (κ3) is 2.33. The molecule has 0 spiro atoms. The van der Waals surface area contributed by atoms with Crippen molar-refractivity contribution < 1.29 is 19.1 Å². The first-order valence-corrected chi connectivity index (χ1v) is 6.65. The fourth-order valence-electron chi connectivity index (χ4n) is 2.07. The van der Waals surface area contributed by atoms with Gasteiger partial charge >= 0.3 is 12.1 Å². The molecule has 1 aromatic heterocycles. The zero-order valence-corrected chi connectivity index (χ0v) is 11.2. The van der Waals surface area contributed by atoms with Gasteiger partial charge in [-0.1, -0.05) is 0 Å². The van der Waals surface area contributed by atoms with Gasteiger partial charge < -0.3 is 9.47 Å². The van der Waals surface area contributed by atoms with E-state index in [1.165, 1.54) is 18.4 Å². The molecule has 0 bridgehead atoms. The highest BCUT2D eigenvalue weighted by molar-refractivity contribution is 7.17. The van der Waals surface area contributed by atoms with Crippen LogP contribution in [-0.4, -0.2) is 25.8 Å².